The fraction of sp³-hybridized carbons (Fsp3) is 0.444. The molecule has 0 aliphatic heterocycles. The Morgan fingerprint density at radius 3 is 2.92 bits per heavy atom. The van der Waals surface area contributed by atoms with E-state index >= 15 is 0 Å². The van der Waals surface area contributed by atoms with Crippen LogP contribution in [0.25, 0.3) is 0 Å². The second kappa shape index (κ2) is 4.56. The fourth-order valence-corrected chi connectivity index (χ4v) is 1.36. The van der Waals surface area contributed by atoms with E-state index in [1.165, 1.54) is 6.20 Å². The number of halogens is 1. The molecule has 0 saturated heterocycles. The molecule has 1 aromatic rings. The molecule has 0 spiro atoms. The second-order valence-electron chi connectivity index (χ2n) is 2.90. The molecule has 72 valence electrons. The number of nitrogens with two attached hydrogens (primary N) is 1. The van der Waals surface area contributed by atoms with Crippen molar-refractivity contribution < 1.29 is 5.11 Å². The maximum atomic E-state index is 9.50. The molecule has 0 aliphatic rings. The van der Waals surface area contributed by atoms with Gasteiger partial charge in [0.25, 0.3) is 0 Å². The molecule has 1 aromatic heterocycles. The molecule has 3 nitrogen and oxygen atoms in total. The average Bonchev–Trinajstić information content (AvgIpc) is 2.16. The van der Waals surface area contributed by atoms with Gasteiger partial charge in [0.15, 0.2) is 0 Å². The fourth-order valence-electron chi connectivity index (χ4n) is 1.12. The standard InChI is InChI=1S/C9H13ClN2O/c1-2-8(13)9(11)6-3-4-12-5-7(6)10/h3-5,8-9,13H,2,11H2,1H3. The highest BCUT2D eigenvalue weighted by molar-refractivity contribution is 6.31. The summed E-state index contributed by atoms with van der Waals surface area (Å²) in [7, 11) is 0. The minimum absolute atomic E-state index is 0.430. The van der Waals surface area contributed by atoms with Crippen molar-refractivity contribution in [3.63, 3.8) is 0 Å². The first kappa shape index (κ1) is 10.4. The van der Waals surface area contributed by atoms with Gasteiger partial charge in [0, 0.05) is 12.4 Å². The van der Waals surface area contributed by atoms with Gasteiger partial charge in [0.1, 0.15) is 0 Å². The number of nitrogens with zero attached hydrogens (tertiary/aromatic N) is 1. The van der Waals surface area contributed by atoms with Gasteiger partial charge in [-0.1, -0.05) is 18.5 Å². The smallest absolute Gasteiger partial charge is 0.0730 e. The zero-order valence-corrected chi connectivity index (χ0v) is 8.20. The van der Waals surface area contributed by atoms with Crippen LogP contribution in [0.5, 0.6) is 0 Å². The van der Waals surface area contributed by atoms with Crippen molar-refractivity contribution in [3.8, 4) is 0 Å². The maximum Gasteiger partial charge on any atom is 0.0730 e. The Morgan fingerprint density at radius 1 is 1.69 bits per heavy atom. The molecule has 0 amide bonds. The third kappa shape index (κ3) is 2.40. The first-order valence-corrected chi connectivity index (χ1v) is 4.57. The summed E-state index contributed by atoms with van der Waals surface area (Å²) in [4.78, 5) is 3.84. The molecule has 2 unspecified atom stereocenters. The van der Waals surface area contributed by atoms with E-state index in [9.17, 15) is 5.11 Å². The molecule has 0 aromatic carbocycles. The average molecular weight is 201 g/mol. The van der Waals surface area contributed by atoms with Crippen LogP contribution in [0.2, 0.25) is 5.02 Å². The van der Waals surface area contributed by atoms with E-state index in [-0.39, 0.29) is 0 Å². The van der Waals surface area contributed by atoms with Crippen molar-refractivity contribution >= 4 is 11.6 Å². The zero-order chi connectivity index (χ0) is 9.84. The molecular formula is C9H13ClN2O. The summed E-state index contributed by atoms with van der Waals surface area (Å²) < 4.78 is 0. The number of aromatic nitrogens is 1. The van der Waals surface area contributed by atoms with E-state index in [1.807, 2.05) is 6.92 Å². The second-order valence-corrected chi connectivity index (χ2v) is 3.31. The Hall–Kier alpha value is -0.640. The van der Waals surface area contributed by atoms with E-state index in [0.29, 0.717) is 11.4 Å². The van der Waals surface area contributed by atoms with Crippen LogP contribution < -0.4 is 5.73 Å². The Morgan fingerprint density at radius 2 is 2.38 bits per heavy atom. The van der Waals surface area contributed by atoms with Gasteiger partial charge in [0.2, 0.25) is 0 Å². The van der Waals surface area contributed by atoms with Crippen LogP contribution >= 0.6 is 11.6 Å². The molecule has 0 radical (unpaired) electrons. The lowest BCUT2D eigenvalue weighted by Gasteiger charge is -2.18. The third-order valence-corrected chi connectivity index (χ3v) is 2.31. The van der Waals surface area contributed by atoms with Crippen molar-refractivity contribution in [1.82, 2.24) is 4.98 Å². The van der Waals surface area contributed by atoms with Crippen LogP contribution in [0, 0.1) is 0 Å². The van der Waals surface area contributed by atoms with Gasteiger partial charge in [-0.2, -0.15) is 0 Å². The minimum Gasteiger partial charge on any atom is -0.391 e. The van der Waals surface area contributed by atoms with Crippen LogP contribution in [0.15, 0.2) is 18.5 Å². The predicted octanol–water partition coefficient (Wildman–Crippen LogP) is 1.51. The number of aliphatic hydroxyl groups excluding tert-OH is 1. The molecule has 0 fully saturated rings. The number of hydrogen-bond donors (Lipinski definition) is 2. The molecule has 1 rings (SSSR count). The van der Waals surface area contributed by atoms with Crippen LogP contribution in [0.1, 0.15) is 24.9 Å². The number of rotatable bonds is 3. The van der Waals surface area contributed by atoms with E-state index in [1.54, 1.807) is 12.3 Å². The van der Waals surface area contributed by atoms with Crippen molar-refractivity contribution in [2.75, 3.05) is 0 Å². The molecule has 4 heteroatoms. The van der Waals surface area contributed by atoms with Crippen molar-refractivity contribution in [2.24, 2.45) is 5.73 Å². The van der Waals surface area contributed by atoms with Gasteiger partial charge in [-0.15, -0.1) is 0 Å². The first-order chi connectivity index (χ1) is 6.16. The number of hydrogen-bond acceptors (Lipinski definition) is 3. The molecule has 0 bridgehead atoms. The Labute approximate surface area is 82.5 Å². The normalized spacial score (nSPS) is 15.4. The number of pyridine rings is 1. The molecule has 0 saturated carbocycles. The van der Waals surface area contributed by atoms with Gasteiger partial charge < -0.3 is 10.8 Å². The van der Waals surface area contributed by atoms with E-state index in [0.717, 1.165) is 5.56 Å². The van der Waals surface area contributed by atoms with Gasteiger partial charge in [-0.3, -0.25) is 4.98 Å². The monoisotopic (exact) mass is 200 g/mol. The maximum absolute atomic E-state index is 9.50. The summed E-state index contributed by atoms with van der Waals surface area (Å²) in [6.07, 6.45) is 3.20. The van der Waals surface area contributed by atoms with Crippen molar-refractivity contribution in [1.29, 1.82) is 0 Å². The van der Waals surface area contributed by atoms with Gasteiger partial charge in [-0.05, 0) is 18.1 Å². The van der Waals surface area contributed by atoms with Gasteiger partial charge in [-0.25, -0.2) is 0 Å². The lowest BCUT2D eigenvalue weighted by Crippen LogP contribution is -2.25. The van der Waals surface area contributed by atoms with Crippen molar-refractivity contribution in [2.45, 2.75) is 25.5 Å². The Balaban J connectivity index is 2.88. The topological polar surface area (TPSA) is 59.1 Å². The first-order valence-electron chi connectivity index (χ1n) is 4.19. The molecule has 0 aliphatic carbocycles. The lowest BCUT2D eigenvalue weighted by molar-refractivity contribution is 0.140. The Kier molecular flexibility index (Phi) is 3.66. The summed E-state index contributed by atoms with van der Waals surface area (Å²) in [5.74, 6) is 0. The summed E-state index contributed by atoms with van der Waals surface area (Å²) in [5, 5.41) is 10.0. The quantitative estimate of drug-likeness (QED) is 0.778. The van der Waals surface area contributed by atoms with E-state index in [4.69, 9.17) is 17.3 Å². The van der Waals surface area contributed by atoms with Crippen LogP contribution in [-0.2, 0) is 0 Å². The van der Waals surface area contributed by atoms with E-state index < -0.39 is 12.1 Å². The van der Waals surface area contributed by atoms with Gasteiger partial charge >= 0.3 is 0 Å². The number of aliphatic hydroxyl groups is 1. The van der Waals surface area contributed by atoms with Gasteiger partial charge in [0.05, 0.1) is 17.2 Å². The summed E-state index contributed by atoms with van der Waals surface area (Å²) in [6, 6.07) is 1.30. The molecule has 13 heavy (non-hydrogen) atoms. The lowest BCUT2D eigenvalue weighted by atomic mass is 10.0. The highest BCUT2D eigenvalue weighted by Crippen LogP contribution is 2.23. The molecule has 3 N–H and O–H groups in total. The van der Waals surface area contributed by atoms with Crippen LogP contribution in [0.3, 0.4) is 0 Å². The molecule has 1 heterocycles. The molecular weight excluding hydrogens is 188 g/mol. The van der Waals surface area contributed by atoms with E-state index in [2.05, 4.69) is 4.98 Å². The Bertz CT molecular complexity index is 280. The molecule has 2 atom stereocenters. The van der Waals surface area contributed by atoms with Crippen LogP contribution in [0.4, 0.5) is 0 Å². The minimum atomic E-state index is -0.556. The highest BCUT2D eigenvalue weighted by atomic mass is 35.5. The van der Waals surface area contributed by atoms with Crippen LogP contribution in [-0.4, -0.2) is 16.2 Å². The summed E-state index contributed by atoms with van der Waals surface area (Å²) in [6.45, 7) is 1.87. The largest absolute Gasteiger partial charge is 0.391 e. The summed E-state index contributed by atoms with van der Waals surface area (Å²) in [5.41, 5.74) is 6.53. The predicted molar refractivity (Wildman–Crippen MR) is 52.5 cm³/mol. The third-order valence-electron chi connectivity index (χ3n) is 2.00. The van der Waals surface area contributed by atoms with Crippen molar-refractivity contribution in [3.05, 3.63) is 29.0 Å². The highest BCUT2D eigenvalue weighted by Gasteiger charge is 2.16. The summed E-state index contributed by atoms with van der Waals surface area (Å²) >= 11 is 5.87. The SMILES string of the molecule is CCC(O)C(N)c1ccncc1Cl. The zero-order valence-electron chi connectivity index (χ0n) is 7.44.